The Kier molecular flexibility index (Phi) is 6.52. The van der Waals surface area contributed by atoms with Crippen molar-refractivity contribution in [2.24, 2.45) is 0 Å². The van der Waals surface area contributed by atoms with Crippen LogP contribution >= 0.6 is 23.2 Å². The molecule has 1 aliphatic carbocycles. The average Bonchev–Trinajstić information content (AvgIpc) is 3.36. The highest BCUT2D eigenvalue weighted by atomic mass is 35.5. The van der Waals surface area contributed by atoms with Gasteiger partial charge in [0.15, 0.2) is 6.61 Å². The van der Waals surface area contributed by atoms with Crippen molar-refractivity contribution in [3.8, 4) is 11.8 Å². The maximum Gasteiger partial charge on any atom is 0.263 e. The predicted molar refractivity (Wildman–Crippen MR) is 115 cm³/mol. The maximum absolute atomic E-state index is 12.7. The number of rotatable bonds is 6. The van der Waals surface area contributed by atoms with E-state index in [2.05, 4.69) is 16.0 Å². The Hall–Kier alpha value is -2.20. The number of nitrogens with one attached hydrogen (secondary N) is 1. The molecule has 4 rings (SSSR count). The highest BCUT2D eigenvalue weighted by Crippen LogP contribution is 2.34. The Bertz CT molecular complexity index is 990. The summed E-state index contributed by atoms with van der Waals surface area (Å²) in [6.45, 7) is 1.21. The van der Waals surface area contributed by atoms with Gasteiger partial charge in [0.05, 0.1) is 28.3 Å². The molecule has 1 saturated heterocycles. The predicted octanol–water partition coefficient (Wildman–Crippen LogP) is 4.74. The van der Waals surface area contributed by atoms with E-state index in [9.17, 15) is 10.1 Å². The molecule has 158 valence electrons. The summed E-state index contributed by atoms with van der Waals surface area (Å²) in [7, 11) is 0. The van der Waals surface area contributed by atoms with Crippen LogP contribution in [0.2, 0.25) is 10.0 Å². The first-order chi connectivity index (χ1) is 14.6. The molecule has 30 heavy (non-hydrogen) atoms. The molecule has 1 aliphatic heterocycles. The Labute approximate surface area is 185 Å². The second-order valence-corrected chi connectivity index (χ2v) is 8.44. The summed E-state index contributed by atoms with van der Waals surface area (Å²) in [5.41, 5.74) is 2.77. The van der Waals surface area contributed by atoms with Gasteiger partial charge in [-0.05, 0) is 56.2 Å². The summed E-state index contributed by atoms with van der Waals surface area (Å²) in [5, 5.41) is 13.5. The molecule has 2 aromatic rings. The van der Waals surface area contributed by atoms with Gasteiger partial charge in [-0.2, -0.15) is 5.26 Å². The van der Waals surface area contributed by atoms with Crippen molar-refractivity contribution in [2.75, 3.05) is 18.5 Å². The number of nitrogens with zero attached hydrogens (tertiary/aromatic N) is 2. The molecular formula is C22H23Cl2N3O3. The molecule has 2 heterocycles. The van der Waals surface area contributed by atoms with Gasteiger partial charge >= 0.3 is 0 Å². The number of nitriles is 1. The minimum atomic E-state index is -0.332. The number of halogens is 2. The molecule has 1 amide bonds. The zero-order chi connectivity index (χ0) is 21.1. The topological polar surface area (TPSA) is 76.3 Å². The van der Waals surface area contributed by atoms with Crippen LogP contribution in [0.3, 0.4) is 0 Å². The van der Waals surface area contributed by atoms with Gasteiger partial charge in [0.25, 0.3) is 5.91 Å². The fourth-order valence-corrected chi connectivity index (χ4v) is 4.48. The molecule has 0 bridgehead atoms. The van der Waals surface area contributed by atoms with Crippen LogP contribution in [0.5, 0.6) is 5.75 Å². The molecule has 0 radical (unpaired) electrons. The number of anilines is 1. The molecular weight excluding hydrogens is 425 g/mol. The third-order valence-corrected chi connectivity index (χ3v) is 6.35. The standard InChI is InChI=1S/C22H23Cl2N3O3/c23-18-8-7-14(10-19(18)24)30-13-21(28)26-22-17(11-25)16-5-1-2-6-20(16)27(22)12-15-4-3-9-29-15/h7-8,10,15H,1-6,9,12-13H2,(H,26,28). The maximum atomic E-state index is 12.7. The van der Waals surface area contributed by atoms with Crippen molar-refractivity contribution in [2.45, 2.75) is 51.2 Å². The van der Waals surface area contributed by atoms with E-state index in [0.717, 1.165) is 56.4 Å². The SMILES string of the molecule is N#Cc1c2c(n(CC3CCCO3)c1NC(=O)COc1ccc(Cl)c(Cl)c1)CCCC2. The van der Waals surface area contributed by atoms with E-state index in [1.54, 1.807) is 18.2 Å². The zero-order valence-corrected chi connectivity index (χ0v) is 18.1. The fourth-order valence-electron chi connectivity index (χ4n) is 4.20. The van der Waals surface area contributed by atoms with Crippen molar-refractivity contribution in [1.29, 1.82) is 5.26 Å². The lowest BCUT2D eigenvalue weighted by Gasteiger charge is -2.20. The lowest BCUT2D eigenvalue weighted by Crippen LogP contribution is -2.25. The van der Waals surface area contributed by atoms with Gasteiger partial charge in [-0.1, -0.05) is 23.2 Å². The molecule has 1 unspecified atom stereocenters. The molecule has 1 fully saturated rings. The van der Waals surface area contributed by atoms with E-state index in [1.807, 2.05) is 0 Å². The van der Waals surface area contributed by atoms with Gasteiger partial charge in [0, 0.05) is 18.4 Å². The largest absolute Gasteiger partial charge is 0.484 e. The lowest BCUT2D eigenvalue weighted by atomic mass is 9.95. The van der Waals surface area contributed by atoms with E-state index in [0.29, 0.717) is 33.7 Å². The summed E-state index contributed by atoms with van der Waals surface area (Å²) in [4.78, 5) is 12.7. The highest BCUT2D eigenvalue weighted by Gasteiger charge is 2.28. The molecule has 6 nitrogen and oxygen atoms in total. The molecule has 1 atom stereocenters. The minimum absolute atomic E-state index is 0.109. The van der Waals surface area contributed by atoms with Crippen molar-refractivity contribution >= 4 is 34.9 Å². The first-order valence-corrected chi connectivity index (χ1v) is 11.0. The fraction of sp³-hybridized carbons (Fsp3) is 0.455. The van der Waals surface area contributed by atoms with Crippen LogP contribution in [0, 0.1) is 11.3 Å². The third-order valence-electron chi connectivity index (χ3n) is 5.61. The second kappa shape index (κ2) is 9.30. The number of aromatic nitrogens is 1. The van der Waals surface area contributed by atoms with Crippen LogP contribution in [0.1, 0.15) is 42.5 Å². The van der Waals surface area contributed by atoms with E-state index in [4.69, 9.17) is 32.7 Å². The Morgan fingerprint density at radius 2 is 2.10 bits per heavy atom. The number of ether oxygens (including phenoxy) is 2. The van der Waals surface area contributed by atoms with Crippen LogP contribution in [0.4, 0.5) is 5.82 Å². The number of hydrogen-bond donors (Lipinski definition) is 1. The average molecular weight is 448 g/mol. The number of amides is 1. The zero-order valence-electron chi connectivity index (χ0n) is 16.5. The summed E-state index contributed by atoms with van der Waals surface area (Å²) < 4.78 is 13.4. The van der Waals surface area contributed by atoms with Crippen LogP contribution in [-0.2, 0) is 28.9 Å². The Balaban J connectivity index is 1.54. The molecule has 1 aromatic carbocycles. The van der Waals surface area contributed by atoms with Gasteiger partial charge in [0.2, 0.25) is 0 Å². The summed E-state index contributed by atoms with van der Waals surface area (Å²) in [6, 6.07) is 7.15. The number of carbonyl (C=O) groups is 1. The van der Waals surface area contributed by atoms with Crippen LogP contribution in [0.25, 0.3) is 0 Å². The molecule has 0 saturated carbocycles. The number of carbonyl (C=O) groups excluding carboxylic acids is 1. The van der Waals surface area contributed by atoms with E-state index < -0.39 is 0 Å². The highest BCUT2D eigenvalue weighted by molar-refractivity contribution is 6.42. The number of hydrogen-bond acceptors (Lipinski definition) is 4. The molecule has 1 aromatic heterocycles. The Morgan fingerprint density at radius 1 is 1.27 bits per heavy atom. The van der Waals surface area contributed by atoms with Crippen molar-refractivity contribution in [1.82, 2.24) is 4.57 Å². The van der Waals surface area contributed by atoms with Gasteiger partial charge in [0.1, 0.15) is 17.6 Å². The van der Waals surface area contributed by atoms with E-state index in [1.165, 1.54) is 0 Å². The molecule has 1 N–H and O–H groups in total. The second-order valence-electron chi connectivity index (χ2n) is 7.63. The van der Waals surface area contributed by atoms with Gasteiger partial charge in [-0.3, -0.25) is 4.79 Å². The molecule has 2 aliphatic rings. The van der Waals surface area contributed by atoms with Gasteiger partial charge < -0.3 is 19.4 Å². The summed E-state index contributed by atoms with van der Waals surface area (Å²) in [6.07, 6.45) is 6.05. The van der Waals surface area contributed by atoms with Crippen molar-refractivity contribution in [3.05, 3.63) is 45.1 Å². The molecule has 8 heteroatoms. The Morgan fingerprint density at radius 3 is 2.83 bits per heavy atom. The lowest BCUT2D eigenvalue weighted by molar-refractivity contribution is -0.118. The van der Waals surface area contributed by atoms with Crippen LogP contribution in [-0.4, -0.2) is 29.8 Å². The number of fused-ring (bicyclic) bond motifs is 1. The smallest absolute Gasteiger partial charge is 0.263 e. The van der Waals surface area contributed by atoms with Gasteiger partial charge in [-0.25, -0.2) is 0 Å². The van der Waals surface area contributed by atoms with Crippen molar-refractivity contribution < 1.29 is 14.3 Å². The van der Waals surface area contributed by atoms with E-state index in [-0.39, 0.29) is 18.6 Å². The molecule has 0 spiro atoms. The monoisotopic (exact) mass is 447 g/mol. The first kappa shape index (κ1) is 21.0. The summed E-state index contributed by atoms with van der Waals surface area (Å²) >= 11 is 11.9. The van der Waals surface area contributed by atoms with E-state index >= 15 is 0 Å². The van der Waals surface area contributed by atoms with Crippen LogP contribution in [0.15, 0.2) is 18.2 Å². The quantitative estimate of drug-likeness (QED) is 0.693. The first-order valence-electron chi connectivity index (χ1n) is 10.2. The van der Waals surface area contributed by atoms with Crippen molar-refractivity contribution in [3.63, 3.8) is 0 Å². The summed E-state index contributed by atoms with van der Waals surface area (Å²) in [5.74, 6) is 0.678. The number of benzene rings is 1. The minimum Gasteiger partial charge on any atom is -0.484 e. The third kappa shape index (κ3) is 4.44. The normalized spacial score (nSPS) is 18.0. The van der Waals surface area contributed by atoms with Crippen LogP contribution < -0.4 is 10.1 Å². The van der Waals surface area contributed by atoms with Gasteiger partial charge in [-0.15, -0.1) is 0 Å².